The van der Waals surface area contributed by atoms with Crippen LogP contribution < -0.4 is 0 Å². The van der Waals surface area contributed by atoms with Crippen LogP contribution >= 0.6 is 24.0 Å². The lowest BCUT2D eigenvalue weighted by Gasteiger charge is -2.27. The number of ketones is 1. The summed E-state index contributed by atoms with van der Waals surface area (Å²) in [4.78, 5) is 12.1. The molecule has 2 aliphatic rings. The molecule has 1 N–H and O–H groups in total. The molecule has 1 unspecified atom stereocenters. The molecule has 0 aromatic heterocycles. The molecule has 2 saturated carbocycles. The third kappa shape index (κ3) is 2.89. The normalized spacial score (nSPS) is 36.0. The summed E-state index contributed by atoms with van der Waals surface area (Å²) >= 11 is 6.70. The minimum absolute atomic E-state index is 0.0374. The highest BCUT2D eigenvalue weighted by Gasteiger charge is 2.49. The molecule has 0 aromatic carbocycles. The summed E-state index contributed by atoms with van der Waals surface area (Å²) in [6.45, 7) is 2.50. The summed E-state index contributed by atoms with van der Waals surface area (Å²) in [5.41, 5.74) is -1.04. The van der Waals surface area contributed by atoms with Gasteiger partial charge in [-0.25, -0.2) is 0 Å². The van der Waals surface area contributed by atoms with Crippen molar-refractivity contribution in [3.63, 3.8) is 0 Å². The molecule has 2 fully saturated rings. The van der Waals surface area contributed by atoms with Crippen LogP contribution in [-0.2, 0) is 9.53 Å². The molecule has 0 aliphatic heterocycles. The Labute approximate surface area is 118 Å². The minimum atomic E-state index is -1.04. The molecule has 0 heterocycles. The van der Waals surface area contributed by atoms with Crippen LogP contribution in [0.15, 0.2) is 0 Å². The fraction of sp³-hybridized carbons (Fsp3) is 0.846. The number of hydrogen-bond acceptors (Lipinski definition) is 5. The van der Waals surface area contributed by atoms with Crippen molar-refractivity contribution < 1.29 is 14.6 Å². The van der Waals surface area contributed by atoms with Gasteiger partial charge in [-0.05, 0) is 57.2 Å². The number of Topliss-reactive ketones (excluding diaryl/α,β-unsaturated/α-hetero) is 1. The average Bonchev–Trinajstić information content (AvgIpc) is 2.64. The summed E-state index contributed by atoms with van der Waals surface area (Å²) in [5, 5.41) is 10.8. The quantitative estimate of drug-likeness (QED) is 0.792. The molecule has 3 nitrogen and oxygen atoms in total. The van der Waals surface area contributed by atoms with Crippen molar-refractivity contribution in [1.82, 2.24) is 0 Å². The monoisotopic (exact) mass is 288 g/mol. The number of hydrogen-bond donors (Lipinski definition) is 1. The molecule has 0 saturated heterocycles. The summed E-state index contributed by atoms with van der Waals surface area (Å²) < 4.78 is 5.86. The van der Waals surface area contributed by atoms with Crippen molar-refractivity contribution in [1.29, 1.82) is 0 Å². The van der Waals surface area contributed by atoms with Gasteiger partial charge in [0.2, 0.25) is 4.38 Å². The molecule has 0 amide bonds. The Hall–Kier alpha value is -0.130. The second kappa shape index (κ2) is 5.88. The lowest BCUT2D eigenvalue weighted by atomic mass is 9.85. The van der Waals surface area contributed by atoms with Crippen LogP contribution in [-0.4, -0.2) is 32.7 Å². The van der Waals surface area contributed by atoms with Crippen LogP contribution in [0.5, 0.6) is 0 Å². The Balaban J connectivity index is 2.00. The zero-order chi connectivity index (χ0) is 13.2. The van der Waals surface area contributed by atoms with Gasteiger partial charge in [-0.1, -0.05) is 11.8 Å². The molecule has 18 heavy (non-hydrogen) atoms. The standard InChI is InChI=1S/C13H20O3S2/c1-2-16-12(17)18-10-5-6-11(14)13(15)7-3-4-9(13)8-10/h9-10,15H,2-8H2,1H3/t9-,10?,13-/m1/s1. The number of thioether (sulfide) groups is 1. The Bertz CT molecular complexity index is 345. The molecular weight excluding hydrogens is 268 g/mol. The van der Waals surface area contributed by atoms with Gasteiger partial charge in [-0.3, -0.25) is 4.79 Å². The predicted octanol–water partition coefficient (Wildman–Crippen LogP) is 2.69. The number of fused-ring (bicyclic) bond motifs is 1. The Morgan fingerprint density at radius 2 is 2.39 bits per heavy atom. The number of carbonyl (C=O) groups is 1. The van der Waals surface area contributed by atoms with Crippen LogP contribution in [0.1, 0.15) is 45.4 Å². The van der Waals surface area contributed by atoms with Gasteiger partial charge in [0.25, 0.3) is 0 Å². The van der Waals surface area contributed by atoms with Crippen LogP contribution in [0, 0.1) is 5.92 Å². The second-order valence-corrected chi connectivity index (χ2v) is 7.04. The van der Waals surface area contributed by atoms with E-state index in [0.717, 1.165) is 25.7 Å². The van der Waals surface area contributed by atoms with Crippen molar-refractivity contribution in [3.8, 4) is 0 Å². The van der Waals surface area contributed by atoms with Crippen molar-refractivity contribution in [3.05, 3.63) is 0 Å². The first-order valence-electron chi connectivity index (χ1n) is 6.65. The summed E-state index contributed by atoms with van der Waals surface area (Å²) in [7, 11) is 0. The highest BCUT2D eigenvalue weighted by atomic mass is 32.2. The van der Waals surface area contributed by atoms with Crippen molar-refractivity contribution >= 4 is 34.1 Å². The van der Waals surface area contributed by atoms with E-state index in [2.05, 4.69) is 0 Å². The second-order valence-electron chi connectivity index (χ2n) is 5.13. The van der Waals surface area contributed by atoms with Crippen molar-refractivity contribution in [2.45, 2.75) is 56.3 Å². The first-order valence-corrected chi connectivity index (χ1v) is 7.94. The van der Waals surface area contributed by atoms with E-state index in [1.165, 1.54) is 0 Å². The Kier molecular flexibility index (Phi) is 4.67. The van der Waals surface area contributed by atoms with Crippen LogP contribution in [0.2, 0.25) is 0 Å². The number of carbonyl (C=O) groups excluding carboxylic acids is 1. The molecule has 0 spiro atoms. The van der Waals surface area contributed by atoms with E-state index in [0.29, 0.717) is 29.1 Å². The third-order valence-electron chi connectivity index (χ3n) is 4.03. The Morgan fingerprint density at radius 1 is 1.61 bits per heavy atom. The summed E-state index contributed by atoms with van der Waals surface area (Å²) in [6.07, 6.45) is 4.71. The maximum atomic E-state index is 12.1. The molecule has 2 rings (SSSR count). The van der Waals surface area contributed by atoms with E-state index in [9.17, 15) is 9.90 Å². The van der Waals surface area contributed by atoms with Crippen LogP contribution in [0.4, 0.5) is 0 Å². The highest BCUT2D eigenvalue weighted by Crippen LogP contribution is 2.45. The van der Waals surface area contributed by atoms with E-state index in [4.69, 9.17) is 17.0 Å². The minimum Gasteiger partial charge on any atom is -0.479 e. The molecule has 2 aliphatic carbocycles. The van der Waals surface area contributed by atoms with Gasteiger partial charge in [0.1, 0.15) is 5.60 Å². The topological polar surface area (TPSA) is 46.5 Å². The zero-order valence-electron chi connectivity index (χ0n) is 10.7. The summed E-state index contributed by atoms with van der Waals surface area (Å²) in [6, 6.07) is 0. The van der Waals surface area contributed by atoms with Gasteiger partial charge in [0, 0.05) is 11.7 Å². The smallest absolute Gasteiger partial charge is 0.220 e. The van der Waals surface area contributed by atoms with Gasteiger partial charge < -0.3 is 9.84 Å². The highest BCUT2D eigenvalue weighted by molar-refractivity contribution is 8.23. The van der Waals surface area contributed by atoms with E-state index in [1.54, 1.807) is 11.8 Å². The molecule has 0 bridgehead atoms. The number of aliphatic hydroxyl groups is 1. The van der Waals surface area contributed by atoms with Gasteiger partial charge in [-0.15, -0.1) is 0 Å². The van der Waals surface area contributed by atoms with E-state index < -0.39 is 5.60 Å². The molecule has 0 aromatic rings. The molecule has 3 atom stereocenters. The van der Waals surface area contributed by atoms with E-state index in [-0.39, 0.29) is 11.7 Å². The number of rotatable bonds is 2. The predicted molar refractivity (Wildman–Crippen MR) is 76.8 cm³/mol. The molecule has 102 valence electrons. The maximum Gasteiger partial charge on any atom is 0.220 e. The molecule has 5 heteroatoms. The average molecular weight is 288 g/mol. The summed E-state index contributed by atoms with van der Waals surface area (Å²) in [5.74, 6) is 0.157. The number of thiocarbonyl (C=S) groups is 1. The molecular formula is C13H20O3S2. The SMILES string of the molecule is CCOC(=S)SC1CCC(=O)[C@@]2(O)CCC[C@@H]2C1. The largest absolute Gasteiger partial charge is 0.479 e. The first kappa shape index (κ1) is 14.3. The number of ether oxygens (including phenoxy) is 1. The molecule has 0 radical (unpaired) electrons. The van der Waals surface area contributed by atoms with E-state index >= 15 is 0 Å². The van der Waals surface area contributed by atoms with Crippen molar-refractivity contribution in [2.24, 2.45) is 5.92 Å². The van der Waals surface area contributed by atoms with Crippen LogP contribution in [0.3, 0.4) is 0 Å². The van der Waals surface area contributed by atoms with E-state index in [1.807, 2.05) is 6.92 Å². The first-order chi connectivity index (χ1) is 8.56. The van der Waals surface area contributed by atoms with Crippen molar-refractivity contribution in [2.75, 3.05) is 6.61 Å². The van der Waals surface area contributed by atoms with Gasteiger partial charge >= 0.3 is 0 Å². The van der Waals surface area contributed by atoms with Crippen LogP contribution in [0.25, 0.3) is 0 Å². The Morgan fingerprint density at radius 3 is 3.11 bits per heavy atom. The fourth-order valence-electron chi connectivity index (χ4n) is 3.08. The fourth-order valence-corrected chi connectivity index (χ4v) is 4.63. The zero-order valence-corrected chi connectivity index (χ0v) is 12.3. The lowest BCUT2D eigenvalue weighted by Crippen LogP contribution is -2.41. The van der Waals surface area contributed by atoms with Gasteiger partial charge in [-0.2, -0.15) is 0 Å². The van der Waals surface area contributed by atoms with Gasteiger partial charge in [0.05, 0.1) is 6.61 Å². The lowest BCUT2D eigenvalue weighted by molar-refractivity contribution is -0.140. The van der Waals surface area contributed by atoms with Gasteiger partial charge in [0.15, 0.2) is 5.78 Å². The third-order valence-corrected chi connectivity index (χ3v) is 5.51. The maximum absolute atomic E-state index is 12.1.